The molecular weight excluding hydrogens is 400 g/mol. The molecule has 0 radical (unpaired) electrons. The summed E-state index contributed by atoms with van der Waals surface area (Å²) in [6.07, 6.45) is 4.08. The summed E-state index contributed by atoms with van der Waals surface area (Å²) in [6.45, 7) is 3.83. The first kappa shape index (κ1) is 20.8. The average Bonchev–Trinajstić information content (AvgIpc) is 3.32. The van der Waals surface area contributed by atoms with Crippen LogP contribution in [-0.2, 0) is 17.9 Å². The summed E-state index contributed by atoms with van der Waals surface area (Å²) in [4.78, 5) is 50.4. The van der Waals surface area contributed by atoms with Gasteiger partial charge in [0.05, 0.1) is 10.9 Å². The summed E-state index contributed by atoms with van der Waals surface area (Å²) in [6, 6.07) is 4.84. The van der Waals surface area contributed by atoms with Crippen molar-refractivity contribution in [1.82, 2.24) is 24.1 Å². The number of carbonyl (C=O) groups excluding carboxylic acids is 2. The largest absolute Gasteiger partial charge is 0.368 e. The third-order valence-electron chi connectivity index (χ3n) is 5.58. The molecule has 2 aromatic heterocycles. The van der Waals surface area contributed by atoms with Gasteiger partial charge in [-0.3, -0.25) is 19.0 Å². The third-order valence-corrected chi connectivity index (χ3v) is 5.58. The van der Waals surface area contributed by atoms with E-state index < -0.39 is 18.1 Å². The van der Waals surface area contributed by atoms with Crippen molar-refractivity contribution >= 4 is 28.5 Å². The predicted molar refractivity (Wildman–Crippen MR) is 115 cm³/mol. The Morgan fingerprint density at radius 1 is 1.23 bits per heavy atom. The number of hydrogen-bond donors (Lipinski definition) is 2. The van der Waals surface area contributed by atoms with E-state index in [1.807, 2.05) is 13.8 Å². The summed E-state index contributed by atoms with van der Waals surface area (Å²) < 4.78 is 3.64. The van der Waals surface area contributed by atoms with Crippen LogP contribution in [0.25, 0.3) is 16.7 Å². The molecule has 0 saturated heterocycles. The van der Waals surface area contributed by atoms with Gasteiger partial charge in [-0.25, -0.2) is 13.9 Å². The Kier molecular flexibility index (Phi) is 5.38. The highest BCUT2D eigenvalue weighted by molar-refractivity contribution is 5.98. The highest BCUT2D eigenvalue weighted by atomic mass is 16.2. The number of aromatic nitrogens is 4. The standard InChI is InChI=1S/C21H26N6O4/c1-12(2)10-25-19(30)15-8-7-13(18(29)23-14-5-3-4-6-14)9-16(15)27-20(25)24-26(21(27)31)11-17(22)28/h7-9,12,14H,3-6,10-11H2,1-2H3,(H2,22,28)(H,23,29). The number of fused-ring (bicyclic) bond motifs is 3. The number of primary amides is 1. The molecule has 4 rings (SSSR count). The van der Waals surface area contributed by atoms with Crippen molar-refractivity contribution in [2.45, 2.75) is 58.7 Å². The maximum absolute atomic E-state index is 13.2. The Labute approximate surface area is 177 Å². The molecule has 0 atom stereocenters. The molecule has 1 aliphatic carbocycles. The molecular formula is C21H26N6O4. The van der Waals surface area contributed by atoms with Gasteiger partial charge in [0.1, 0.15) is 6.54 Å². The fourth-order valence-electron chi connectivity index (χ4n) is 4.18. The minimum Gasteiger partial charge on any atom is -0.368 e. The second kappa shape index (κ2) is 8.01. The number of nitrogens with one attached hydrogen (secondary N) is 1. The van der Waals surface area contributed by atoms with Crippen LogP contribution in [0.5, 0.6) is 0 Å². The van der Waals surface area contributed by atoms with Crippen molar-refractivity contribution in [3.05, 3.63) is 44.6 Å². The van der Waals surface area contributed by atoms with E-state index in [1.165, 1.54) is 15.0 Å². The highest BCUT2D eigenvalue weighted by Gasteiger charge is 2.22. The van der Waals surface area contributed by atoms with Crippen LogP contribution >= 0.6 is 0 Å². The fraction of sp³-hybridized carbons (Fsp3) is 0.476. The van der Waals surface area contributed by atoms with Gasteiger partial charge in [0, 0.05) is 18.2 Å². The normalized spacial score (nSPS) is 14.7. The lowest BCUT2D eigenvalue weighted by molar-refractivity contribution is -0.118. The van der Waals surface area contributed by atoms with Crippen LogP contribution in [0.4, 0.5) is 0 Å². The first-order chi connectivity index (χ1) is 14.8. The van der Waals surface area contributed by atoms with Gasteiger partial charge >= 0.3 is 5.69 Å². The Hall–Kier alpha value is -3.43. The van der Waals surface area contributed by atoms with Gasteiger partial charge in [0.15, 0.2) is 0 Å². The van der Waals surface area contributed by atoms with Crippen molar-refractivity contribution in [3.63, 3.8) is 0 Å². The van der Waals surface area contributed by atoms with E-state index in [2.05, 4.69) is 10.4 Å². The number of amides is 2. The van der Waals surface area contributed by atoms with E-state index in [0.29, 0.717) is 17.5 Å². The SMILES string of the molecule is CC(C)Cn1c(=O)c2ccc(C(=O)NC3CCCC3)cc2n2c(=O)n(CC(N)=O)nc12. The number of carbonyl (C=O) groups is 2. The fourth-order valence-corrected chi connectivity index (χ4v) is 4.18. The van der Waals surface area contributed by atoms with Crippen LogP contribution < -0.4 is 22.3 Å². The topological polar surface area (TPSA) is 133 Å². The first-order valence-corrected chi connectivity index (χ1v) is 10.5. The quantitative estimate of drug-likeness (QED) is 0.596. The monoisotopic (exact) mass is 426 g/mol. The Bertz CT molecular complexity index is 1290. The lowest BCUT2D eigenvalue weighted by Crippen LogP contribution is -2.33. The van der Waals surface area contributed by atoms with E-state index in [9.17, 15) is 19.2 Å². The van der Waals surface area contributed by atoms with Crippen LogP contribution in [-0.4, -0.2) is 36.6 Å². The lowest BCUT2D eigenvalue weighted by atomic mass is 10.1. The first-order valence-electron chi connectivity index (χ1n) is 10.5. The van der Waals surface area contributed by atoms with Crippen molar-refractivity contribution in [3.8, 4) is 0 Å². The van der Waals surface area contributed by atoms with Crippen molar-refractivity contribution in [2.24, 2.45) is 11.7 Å². The van der Waals surface area contributed by atoms with Gasteiger partial charge in [0.25, 0.3) is 11.5 Å². The van der Waals surface area contributed by atoms with Gasteiger partial charge in [-0.1, -0.05) is 26.7 Å². The molecule has 10 heteroatoms. The molecule has 31 heavy (non-hydrogen) atoms. The smallest absolute Gasteiger partial charge is 0.352 e. The third kappa shape index (κ3) is 3.85. The molecule has 0 unspecified atom stereocenters. The lowest BCUT2D eigenvalue weighted by Gasteiger charge is -2.14. The summed E-state index contributed by atoms with van der Waals surface area (Å²) in [5.41, 5.74) is 4.98. The van der Waals surface area contributed by atoms with Gasteiger partial charge in [-0.15, -0.1) is 5.10 Å². The molecule has 1 saturated carbocycles. The number of benzene rings is 1. The number of hydrogen-bond acceptors (Lipinski definition) is 5. The minimum atomic E-state index is -0.718. The van der Waals surface area contributed by atoms with E-state index in [0.717, 1.165) is 30.4 Å². The minimum absolute atomic E-state index is 0.116. The Morgan fingerprint density at radius 2 is 1.94 bits per heavy atom. The van der Waals surface area contributed by atoms with E-state index in [1.54, 1.807) is 12.1 Å². The van der Waals surface area contributed by atoms with Gasteiger partial charge in [-0.2, -0.15) is 0 Å². The summed E-state index contributed by atoms with van der Waals surface area (Å²) in [7, 11) is 0. The maximum atomic E-state index is 13.2. The van der Waals surface area contributed by atoms with Crippen LogP contribution in [0, 0.1) is 5.92 Å². The number of nitrogens with zero attached hydrogens (tertiary/aromatic N) is 4. The van der Waals surface area contributed by atoms with E-state index in [4.69, 9.17) is 5.73 Å². The zero-order valence-corrected chi connectivity index (χ0v) is 17.6. The maximum Gasteiger partial charge on any atom is 0.352 e. The van der Waals surface area contributed by atoms with E-state index in [-0.39, 0.29) is 34.7 Å². The molecule has 3 N–H and O–H groups in total. The number of nitrogens with two attached hydrogens (primary N) is 1. The van der Waals surface area contributed by atoms with Gasteiger partial charge in [0.2, 0.25) is 11.7 Å². The molecule has 1 aliphatic rings. The average molecular weight is 426 g/mol. The van der Waals surface area contributed by atoms with Gasteiger partial charge in [-0.05, 0) is 37.0 Å². The number of rotatable bonds is 6. The Morgan fingerprint density at radius 3 is 2.58 bits per heavy atom. The van der Waals surface area contributed by atoms with Gasteiger partial charge < -0.3 is 11.1 Å². The van der Waals surface area contributed by atoms with Crippen molar-refractivity contribution in [2.75, 3.05) is 0 Å². The molecule has 10 nitrogen and oxygen atoms in total. The molecule has 1 aromatic carbocycles. The molecule has 1 fully saturated rings. The zero-order valence-electron chi connectivity index (χ0n) is 17.6. The molecule has 164 valence electrons. The summed E-state index contributed by atoms with van der Waals surface area (Å²) >= 11 is 0. The van der Waals surface area contributed by atoms with Crippen LogP contribution in [0.3, 0.4) is 0 Å². The van der Waals surface area contributed by atoms with Crippen molar-refractivity contribution in [1.29, 1.82) is 0 Å². The highest BCUT2D eigenvalue weighted by Crippen LogP contribution is 2.19. The second-order valence-corrected chi connectivity index (χ2v) is 8.54. The predicted octanol–water partition coefficient (Wildman–Crippen LogP) is 0.625. The molecule has 0 spiro atoms. The summed E-state index contributed by atoms with van der Waals surface area (Å²) in [5, 5.41) is 7.51. The molecule has 3 aromatic rings. The second-order valence-electron chi connectivity index (χ2n) is 8.54. The molecule has 0 aliphatic heterocycles. The van der Waals surface area contributed by atoms with Crippen molar-refractivity contribution < 1.29 is 9.59 Å². The van der Waals surface area contributed by atoms with Crippen LogP contribution in [0.1, 0.15) is 49.9 Å². The Balaban J connectivity index is 1.93. The molecule has 2 heterocycles. The van der Waals surface area contributed by atoms with Crippen LogP contribution in [0.2, 0.25) is 0 Å². The zero-order chi connectivity index (χ0) is 22.3. The molecule has 0 bridgehead atoms. The van der Waals surface area contributed by atoms with E-state index >= 15 is 0 Å². The van der Waals surface area contributed by atoms with Crippen LogP contribution in [0.15, 0.2) is 27.8 Å². The molecule has 2 amide bonds. The summed E-state index contributed by atoms with van der Waals surface area (Å²) in [5.74, 6) is -0.729.